The lowest BCUT2D eigenvalue weighted by Gasteiger charge is -2.09. The van der Waals surface area contributed by atoms with Crippen LogP contribution in [0.3, 0.4) is 0 Å². The number of aromatic nitrogens is 3. The number of rotatable bonds is 3. The second-order valence-corrected chi connectivity index (χ2v) is 8.40. The maximum absolute atomic E-state index is 8.40. The van der Waals surface area contributed by atoms with Crippen molar-refractivity contribution in [1.82, 2.24) is 14.5 Å². The van der Waals surface area contributed by atoms with Gasteiger partial charge in [0.1, 0.15) is 16.7 Å². The van der Waals surface area contributed by atoms with E-state index in [0.717, 1.165) is 61.4 Å². The van der Waals surface area contributed by atoms with Crippen LogP contribution >= 0.6 is 0 Å². The van der Waals surface area contributed by atoms with Crippen molar-refractivity contribution in [2.45, 2.75) is 26.7 Å². The molecule has 0 saturated carbocycles. The van der Waals surface area contributed by atoms with Crippen LogP contribution in [-0.2, 0) is 0 Å². The number of nitrogens with zero attached hydrogens (tertiary/aromatic N) is 3. The fourth-order valence-corrected chi connectivity index (χ4v) is 4.34. The molecular weight excluding hydrogens is 394 g/mol. The average molecular weight is 419 g/mol. The number of pyridine rings is 1. The van der Waals surface area contributed by atoms with Gasteiger partial charge in [0.25, 0.3) is 0 Å². The molecule has 6 aromatic rings. The van der Waals surface area contributed by atoms with Gasteiger partial charge in [-0.15, -0.1) is 0 Å². The summed E-state index contributed by atoms with van der Waals surface area (Å²) in [6.07, 6.45) is 0. The highest BCUT2D eigenvalue weighted by atomic mass is 16.3. The topological polar surface area (TPSA) is 43.9 Å². The molecule has 3 heterocycles. The van der Waals surface area contributed by atoms with E-state index < -0.39 is 5.89 Å². The molecule has 0 spiro atoms. The maximum atomic E-state index is 8.40. The highest BCUT2D eigenvalue weighted by Gasteiger charge is 2.20. The van der Waals surface area contributed by atoms with Crippen LogP contribution in [0.5, 0.6) is 0 Å². The van der Waals surface area contributed by atoms with E-state index in [2.05, 4.69) is 28.8 Å². The second kappa shape index (κ2) is 7.06. The van der Waals surface area contributed by atoms with Crippen molar-refractivity contribution in [3.63, 3.8) is 0 Å². The van der Waals surface area contributed by atoms with Crippen molar-refractivity contribution in [2.75, 3.05) is 0 Å². The third-order valence-corrected chi connectivity index (χ3v) is 5.98. The fraction of sp³-hybridized carbons (Fsp3) is 0.143. The van der Waals surface area contributed by atoms with Gasteiger partial charge in [0.05, 0.1) is 5.56 Å². The van der Waals surface area contributed by atoms with Gasteiger partial charge in [-0.3, -0.25) is 4.57 Å². The number of imidazole rings is 1. The summed E-state index contributed by atoms with van der Waals surface area (Å²) in [5.41, 5.74) is 7.01. The highest BCUT2D eigenvalue weighted by Crippen LogP contribution is 2.38. The highest BCUT2D eigenvalue weighted by molar-refractivity contribution is 6.09. The maximum Gasteiger partial charge on any atom is 0.165 e. The second-order valence-electron chi connectivity index (χ2n) is 8.40. The van der Waals surface area contributed by atoms with Gasteiger partial charge in [0.2, 0.25) is 0 Å². The Balaban J connectivity index is 1.68. The minimum absolute atomic E-state index is 0.694. The van der Waals surface area contributed by atoms with Crippen molar-refractivity contribution < 1.29 is 5.79 Å². The van der Waals surface area contributed by atoms with E-state index in [9.17, 15) is 0 Å². The Kier molecular flexibility index (Phi) is 3.91. The molecule has 0 amide bonds. The van der Waals surface area contributed by atoms with Gasteiger partial charge in [-0.25, -0.2) is 9.97 Å². The Bertz CT molecular complexity index is 1660. The number of aryl methyl sites for hydroxylation is 1. The van der Waals surface area contributed by atoms with E-state index in [1.807, 2.05) is 75.4 Å². The Morgan fingerprint density at radius 1 is 0.875 bits per heavy atom. The Labute approximate surface area is 187 Å². The zero-order chi connectivity index (χ0) is 22.7. The van der Waals surface area contributed by atoms with Gasteiger partial charge >= 0.3 is 0 Å². The van der Waals surface area contributed by atoms with Crippen LogP contribution in [0.15, 0.2) is 83.3 Å². The first-order chi connectivity index (χ1) is 15.9. The predicted octanol–water partition coefficient (Wildman–Crippen LogP) is 7.42. The minimum atomic E-state index is -0.694. The van der Waals surface area contributed by atoms with Crippen LogP contribution < -0.4 is 0 Å². The molecule has 0 N–H and O–H groups in total. The largest absolute Gasteiger partial charge is 0.455 e. The standard InChI is InChI=1S/C28H23N3O/c1-17(2)19-13-14-21-22-10-7-11-23(26(22)32-25(21)16-19)27-30-24-15-12-18(3)29-28(24)31(27)20-8-5-4-6-9-20/h4-17H,1-3H3/i17D. The number of para-hydroxylation sites is 2. The van der Waals surface area contributed by atoms with Gasteiger partial charge in [-0.05, 0) is 54.8 Å². The van der Waals surface area contributed by atoms with Gasteiger partial charge in [-0.1, -0.05) is 56.3 Å². The Morgan fingerprint density at radius 3 is 2.53 bits per heavy atom. The molecule has 0 bridgehead atoms. The number of fused-ring (bicyclic) bond motifs is 4. The predicted molar refractivity (Wildman–Crippen MR) is 130 cm³/mol. The number of hydrogen-bond donors (Lipinski definition) is 0. The summed E-state index contributed by atoms with van der Waals surface area (Å²) < 4.78 is 16.9. The normalized spacial score (nSPS) is 12.7. The first-order valence-electron chi connectivity index (χ1n) is 11.3. The zero-order valence-electron chi connectivity index (χ0n) is 19.3. The summed E-state index contributed by atoms with van der Waals surface area (Å²) in [6.45, 7) is 5.77. The van der Waals surface area contributed by atoms with Gasteiger partial charge < -0.3 is 4.42 Å². The monoisotopic (exact) mass is 418 g/mol. The van der Waals surface area contributed by atoms with Crippen molar-refractivity contribution in [1.29, 1.82) is 0 Å². The molecular formula is C28H23N3O. The molecule has 4 heteroatoms. The number of hydrogen-bond acceptors (Lipinski definition) is 3. The van der Waals surface area contributed by atoms with E-state index in [1.54, 1.807) is 0 Å². The molecule has 0 fully saturated rings. The number of benzene rings is 3. The van der Waals surface area contributed by atoms with Gasteiger partial charge in [0, 0.05) is 23.5 Å². The van der Waals surface area contributed by atoms with Crippen LogP contribution in [-0.4, -0.2) is 14.5 Å². The van der Waals surface area contributed by atoms with E-state index in [-0.39, 0.29) is 0 Å². The summed E-state index contributed by atoms with van der Waals surface area (Å²) in [6, 6.07) is 26.4. The molecule has 32 heavy (non-hydrogen) atoms. The van der Waals surface area contributed by atoms with Crippen LogP contribution in [0.2, 0.25) is 0 Å². The van der Waals surface area contributed by atoms with Gasteiger partial charge in [0.15, 0.2) is 11.5 Å². The summed E-state index contributed by atoms with van der Waals surface area (Å²) in [4.78, 5) is 9.80. The summed E-state index contributed by atoms with van der Waals surface area (Å²) in [5.74, 6) is 0.0980. The molecule has 156 valence electrons. The molecule has 0 aliphatic heterocycles. The number of furan rings is 1. The molecule has 0 saturated heterocycles. The molecule has 0 aliphatic carbocycles. The lowest BCUT2D eigenvalue weighted by molar-refractivity contribution is 0.667. The summed E-state index contributed by atoms with van der Waals surface area (Å²) >= 11 is 0. The summed E-state index contributed by atoms with van der Waals surface area (Å²) in [7, 11) is 0. The summed E-state index contributed by atoms with van der Waals surface area (Å²) in [5, 5.41) is 2.07. The SMILES string of the molecule is [2H]C(C)(C)c1ccc2c(c1)oc1c(-c3nc4ccc(C)nc4n3-c3ccccc3)cccc12. The van der Waals surface area contributed by atoms with Crippen LogP contribution in [0.25, 0.3) is 50.2 Å². The fourth-order valence-electron chi connectivity index (χ4n) is 4.34. The van der Waals surface area contributed by atoms with E-state index in [1.165, 1.54) is 0 Å². The molecule has 0 unspecified atom stereocenters. The molecule has 3 aromatic heterocycles. The molecule has 0 radical (unpaired) electrons. The van der Waals surface area contributed by atoms with Crippen molar-refractivity contribution in [3.8, 4) is 17.1 Å². The zero-order valence-corrected chi connectivity index (χ0v) is 18.3. The van der Waals surface area contributed by atoms with Gasteiger partial charge in [-0.2, -0.15) is 0 Å². The van der Waals surface area contributed by atoms with Crippen molar-refractivity contribution >= 4 is 33.1 Å². The Hall–Kier alpha value is -3.92. The Morgan fingerprint density at radius 2 is 1.72 bits per heavy atom. The lowest BCUT2D eigenvalue weighted by atomic mass is 10.0. The third kappa shape index (κ3) is 2.83. The molecule has 3 aromatic carbocycles. The van der Waals surface area contributed by atoms with Crippen LogP contribution in [0, 0.1) is 6.92 Å². The van der Waals surface area contributed by atoms with E-state index in [4.69, 9.17) is 15.8 Å². The smallest absolute Gasteiger partial charge is 0.165 e. The average Bonchev–Trinajstić information content (AvgIpc) is 3.36. The molecule has 0 atom stereocenters. The van der Waals surface area contributed by atoms with Crippen LogP contribution in [0.4, 0.5) is 0 Å². The molecule has 6 rings (SSSR count). The quantitative estimate of drug-likeness (QED) is 0.300. The third-order valence-electron chi connectivity index (χ3n) is 5.98. The van der Waals surface area contributed by atoms with E-state index >= 15 is 0 Å². The van der Waals surface area contributed by atoms with E-state index in [0.29, 0.717) is 0 Å². The lowest BCUT2D eigenvalue weighted by Crippen LogP contribution is -1.99. The molecule has 0 aliphatic rings. The molecule has 4 nitrogen and oxygen atoms in total. The first kappa shape index (κ1) is 17.7. The first-order valence-corrected chi connectivity index (χ1v) is 10.8. The minimum Gasteiger partial charge on any atom is -0.455 e. The van der Waals surface area contributed by atoms with Crippen molar-refractivity contribution in [3.05, 3.63) is 90.1 Å². The van der Waals surface area contributed by atoms with Crippen molar-refractivity contribution in [2.24, 2.45) is 0 Å². The van der Waals surface area contributed by atoms with Crippen LogP contribution in [0.1, 0.15) is 32.4 Å².